The third-order valence-electron chi connectivity index (χ3n) is 7.87. The average molecular weight is 664 g/mol. The molecule has 3 aromatic carbocycles. The molecule has 1 aromatic heterocycles. The van der Waals surface area contributed by atoms with Crippen molar-refractivity contribution in [1.29, 1.82) is 0 Å². The van der Waals surface area contributed by atoms with Crippen LogP contribution in [0.2, 0.25) is 5.02 Å². The lowest BCUT2D eigenvalue weighted by atomic mass is 10.1. The largest absolute Gasteiger partial charge is 0.573 e. The van der Waals surface area contributed by atoms with Gasteiger partial charge < -0.3 is 20.3 Å². The molecule has 1 saturated heterocycles. The Balaban J connectivity index is 1.25. The second-order valence-electron chi connectivity index (χ2n) is 11.0. The third-order valence-corrected chi connectivity index (χ3v) is 8.20. The number of amides is 2. The molecule has 0 unspecified atom stereocenters. The van der Waals surface area contributed by atoms with E-state index in [9.17, 15) is 35.9 Å². The second kappa shape index (κ2) is 11.6. The number of ether oxygens (including phenoxy) is 1. The van der Waals surface area contributed by atoms with Crippen LogP contribution in [0, 0.1) is 5.41 Å². The summed E-state index contributed by atoms with van der Waals surface area (Å²) in [7, 11) is 0. The van der Waals surface area contributed by atoms with Crippen LogP contribution in [-0.2, 0) is 11.3 Å². The smallest absolute Gasteiger partial charge is 0.406 e. The van der Waals surface area contributed by atoms with Gasteiger partial charge in [-0.1, -0.05) is 29.8 Å². The first kappa shape index (κ1) is 31.4. The highest BCUT2D eigenvalue weighted by atomic mass is 35.5. The molecule has 1 saturated carbocycles. The summed E-state index contributed by atoms with van der Waals surface area (Å²) in [4.78, 5) is 36.7. The number of hydrogen-bond donors (Lipinski definition) is 2. The molecule has 2 aliphatic rings. The Morgan fingerprint density at radius 2 is 1.72 bits per heavy atom. The van der Waals surface area contributed by atoms with Crippen LogP contribution in [0.4, 0.5) is 37.8 Å². The summed E-state index contributed by atoms with van der Waals surface area (Å²) in [5.74, 6) is -1.42. The number of hydrogen-bond acceptors (Lipinski definition) is 6. The van der Waals surface area contributed by atoms with Gasteiger partial charge in [0.2, 0.25) is 5.91 Å². The van der Waals surface area contributed by atoms with Gasteiger partial charge >= 0.3 is 12.5 Å². The maximum absolute atomic E-state index is 13.3. The lowest BCUT2D eigenvalue weighted by molar-refractivity contribution is -0.274. The predicted octanol–water partition coefficient (Wildman–Crippen LogP) is 7.27. The summed E-state index contributed by atoms with van der Waals surface area (Å²) in [5.41, 5.74) is -0.953. The van der Waals surface area contributed by atoms with Crippen LogP contribution >= 0.6 is 11.6 Å². The van der Waals surface area contributed by atoms with E-state index in [0.29, 0.717) is 33.5 Å². The lowest BCUT2D eigenvalue weighted by Gasteiger charge is -2.33. The van der Waals surface area contributed by atoms with E-state index in [1.54, 1.807) is 24.3 Å². The van der Waals surface area contributed by atoms with E-state index in [-0.39, 0.29) is 35.8 Å². The molecular weight excluding hydrogens is 640 g/mol. The van der Waals surface area contributed by atoms with Crippen molar-refractivity contribution >= 4 is 45.8 Å². The van der Waals surface area contributed by atoms with Crippen molar-refractivity contribution in [2.45, 2.75) is 38.3 Å². The number of benzene rings is 3. The van der Waals surface area contributed by atoms with Gasteiger partial charge in [0.25, 0.3) is 5.91 Å². The van der Waals surface area contributed by atoms with Crippen LogP contribution in [0.15, 0.2) is 60.7 Å². The van der Waals surface area contributed by atoms with Crippen molar-refractivity contribution in [2.24, 2.45) is 5.41 Å². The summed E-state index contributed by atoms with van der Waals surface area (Å²) >= 11 is 6.27. The molecule has 0 atom stereocenters. The van der Waals surface area contributed by atoms with E-state index in [1.165, 1.54) is 36.4 Å². The monoisotopic (exact) mass is 663 g/mol. The van der Waals surface area contributed by atoms with Crippen LogP contribution in [0.1, 0.15) is 35.2 Å². The first-order valence-corrected chi connectivity index (χ1v) is 14.5. The van der Waals surface area contributed by atoms with Crippen molar-refractivity contribution in [1.82, 2.24) is 15.3 Å². The van der Waals surface area contributed by atoms with Crippen LogP contribution in [0.25, 0.3) is 22.3 Å². The van der Waals surface area contributed by atoms with E-state index >= 15 is 0 Å². The number of nitrogens with one attached hydrogen (secondary N) is 2. The molecule has 0 bridgehead atoms. The molecular formula is C31H24ClF6N5O3. The number of carbonyl (C=O) groups is 2. The molecule has 1 aliphatic heterocycles. The highest BCUT2D eigenvalue weighted by molar-refractivity contribution is 6.34. The van der Waals surface area contributed by atoms with Gasteiger partial charge in [-0.25, -0.2) is 9.97 Å². The maximum Gasteiger partial charge on any atom is 0.573 e. The first-order chi connectivity index (χ1) is 21.7. The van der Waals surface area contributed by atoms with Crippen LogP contribution < -0.4 is 20.3 Å². The molecule has 1 aliphatic carbocycles. The second-order valence-corrected chi connectivity index (χ2v) is 11.5. The Morgan fingerprint density at radius 1 is 0.957 bits per heavy atom. The Kier molecular flexibility index (Phi) is 7.95. The summed E-state index contributed by atoms with van der Waals surface area (Å²) in [6.07, 6.45) is -9.12. The van der Waals surface area contributed by atoms with Crippen molar-refractivity contribution in [2.75, 3.05) is 23.3 Å². The number of nitrogens with zero attached hydrogens (tertiary/aromatic N) is 3. The molecule has 2 heterocycles. The highest BCUT2D eigenvalue weighted by Gasteiger charge is 2.68. The Hall–Kier alpha value is -4.59. The topological polar surface area (TPSA) is 96.5 Å². The van der Waals surface area contributed by atoms with Crippen molar-refractivity contribution in [3.05, 3.63) is 76.8 Å². The van der Waals surface area contributed by atoms with Gasteiger partial charge in [0, 0.05) is 36.3 Å². The Bertz CT molecular complexity index is 1840. The number of alkyl halides is 6. The Morgan fingerprint density at radius 3 is 2.37 bits per heavy atom. The van der Waals surface area contributed by atoms with Crippen molar-refractivity contribution < 1.29 is 40.7 Å². The molecule has 2 N–H and O–H groups in total. The minimum absolute atomic E-state index is 0.0246. The molecule has 6 rings (SSSR count). The quantitative estimate of drug-likeness (QED) is 0.193. The SMILES string of the molecule is O=C(Nc1ccc2c(N3CCC3)nc(-c3cccc(OC(F)(F)F)c3)nc2c1)c1cc(CNC(=O)C2(C(F)(F)F)CC2)ccc1Cl. The summed E-state index contributed by atoms with van der Waals surface area (Å²) < 4.78 is 82.4. The van der Waals surface area contributed by atoms with E-state index in [4.69, 9.17) is 11.6 Å². The van der Waals surface area contributed by atoms with Crippen LogP contribution in [0.3, 0.4) is 0 Å². The van der Waals surface area contributed by atoms with E-state index in [0.717, 1.165) is 19.5 Å². The van der Waals surface area contributed by atoms with Gasteiger partial charge in [-0.15, -0.1) is 13.2 Å². The van der Waals surface area contributed by atoms with E-state index in [2.05, 4.69) is 25.3 Å². The van der Waals surface area contributed by atoms with Crippen LogP contribution in [0.5, 0.6) is 5.75 Å². The molecule has 2 amide bonds. The molecule has 15 heteroatoms. The number of halogens is 7. The normalized spacial score (nSPS) is 15.7. The van der Waals surface area contributed by atoms with Crippen molar-refractivity contribution in [3.8, 4) is 17.1 Å². The minimum Gasteiger partial charge on any atom is -0.406 e. The molecule has 2 fully saturated rings. The molecule has 240 valence electrons. The van der Waals surface area contributed by atoms with Gasteiger partial charge in [-0.05, 0) is 67.3 Å². The minimum atomic E-state index is -4.87. The fourth-order valence-electron chi connectivity index (χ4n) is 5.09. The number of aromatic nitrogens is 2. The number of anilines is 2. The first-order valence-electron chi connectivity index (χ1n) is 14.1. The zero-order chi connectivity index (χ0) is 32.9. The van der Waals surface area contributed by atoms with Gasteiger partial charge in [-0.2, -0.15) is 13.2 Å². The van der Waals surface area contributed by atoms with Gasteiger partial charge in [0.15, 0.2) is 5.82 Å². The highest BCUT2D eigenvalue weighted by Crippen LogP contribution is 2.57. The third kappa shape index (κ3) is 6.39. The van der Waals surface area contributed by atoms with Crippen LogP contribution in [-0.4, -0.2) is 47.4 Å². The lowest BCUT2D eigenvalue weighted by Crippen LogP contribution is -2.40. The molecule has 0 spiro atoms. The summed E-state index contributed by atoms with van der Waals surface area (Å²) in [6.45, 7) is 1.22. The fourth-order valence-corrected chi connectivity index (χ4v) is 5.30. The zero-order valence-corrected chi connectivity index (χ0v) is 24.5. The number of fused-ring (bicyclic) bond motifs is 1. The van der Waals surface area contributed by atoms with Crippen molar-refractivity contribution in [3.63, 3.8) is 0 Å². The molecule has 46 heavy (non-hydrogen) atoms. The zero-order valence-electron chi connectivity index (χ0n) is 23.7. The fraction of sp³-hybridized carbons (Fsp3) is 0.290. The number of rotatable bonds is 8. The molecule has 0 radical (unpaired) electrons. The van der Waals surface area contributed by atoms with E-state index in [1.807, 2.05) is 4.90 Å². The summed E-state index contributed by atoms with van der Waals surface area (Å²) in [5, 5.41) is 5.77. The van der Waals surface area contributed by atoms with E-state index < -0.39 is 35.5 Å². The molecule has 4 aromatic rings. The van der Waals surface area contributed by atoms with Gasteiger partial charge in [-0.3, -0.25) is 9.59 Å². The molecule has 8 nitrogen and oxygen atoms in total. The maximum atomic E-state index is 13.3. The average Bonchev–Trinajstić information content (AvgIpc) is 3.77. The van der Waals surface area contributed by atoms with Gasteiger partial charge in [0.1, 0.15) is 17.0 Å². The number of carbonyl (C=O) groups excluding carboxylic acids is 2. The standard InChI is InChI=1S/C31H24ClF6N5O3/c32-23-8-5-17(16-39-28(45)29(9-10-29)30(33,34)35)13-22(23)27(44)40-19-6-7-21-24(15-19)41-25(42-26(21)43-11-2-12-43)18-3-1-4-20(14-18)46-31(36,37)38/h1,3-8,13-15H,2,9-12,16H2,(H,39,45)(H,40,44). The predicted molar refractivity (Wildman–Crippen MR) is 157 cm³/mol. The van der Waals surface area contributed by atoms with Gasteiger partial charge in [0.05, 0.1) is 16.1 Å². The summed E-state index contributed by atoms with van der Waals surface area (Å²) in [6, 6.07) is 14.5. The Labute approximate surface area is 262 Å².